The van der Waals surface area contributed by atoms with Gasteiger partial charge in [-0.05, 0) is 26.0 Å². The van der Waals surface area contributed by atoms with Crippen LogP contribution >= 0.6 is 0 Å². The molecule has 0 spiro atoms. The standard InChI is InChI=1S/C13H17N3O/c1-3-17-9-8-14-13-10(2)15-11-6-4-5-7-12(11)16-13/h4-7H,3,8-9H2,1-2H3,(H,14,16). The van der Waals surface area contributed by atoms with Crippen molar-refractivity contribution in [1.29, 1.82) is 0 Å². The lowest BCUT2D eigenvalue weighted by Crippen LogP contribution is -2.11. The molecule has 1 N–H and O–H groups in total. The summed E-state index contributed by atoms with van der Waals surface area (Å²) in [6.45, 7) is 6.12. The Bertz CT molecular complexity index is 499. The largest absolute Gasteiger partial charge is 0.380 e. The van der Waals surface area contributed by atoms with Gasteiger partial charge in [-0.1, -0.05) is 12.1 Å². The summed E-state index contributed by atoms with van der Waals surface area (Å²) in [5.41, 5.74) is 2.76. The van der Waals surface area contributed by atoms with Crippen LogP contribution in [0, 0.1) is 6.92 Å². The second kappa shape index (κ2) is 5.59. The van der Waals surface area contributed by atoms with Crippen molar-refractivity contribution in [2.45, 2.75) is 13.8 Å². The Hall–Kier alpha value is -1.68. The fourth-order valence-electron chi connectivity index (χ4n) is 1.64. The minimum Gasteiger partial charge on any atom is -0.380 e. The van der Waals surface area contributed by atoms with Crippen molar-refractivity contribution in [1.82, 2.24) is 9.97 Å². The van der Waals surface area contributed by atoms with Crippen LogP contribution in [0.3, 0.4) is 0 Å². The van der Waals surface area contributed by atoms with Gasteiger partial charge >= 0.3 is 0 Å². The highest BCUT2D eigenvalue weighted by atomic mass is 16.5. The Kier molecular flexibility index (Phi) is 3.88. The fourth-order valence-corrected chi connectivity index (χ4v) is 1.64. The number of ether oxygens (including phenoxy) is 1. The minimum atomic E-state index is 0.685. The van der Waals surface area contributed by atoms with E-state index in [4.69, 9.17) is 4.74 Å². The van der Waals surface area contributed by atoms with Gasteiger partial charge in [0.25, 0.3) is 0 Å². The van der Waals surface area contributed by atoms with E-state index in [9.17, 15) is 0 Å². The van der Waals surface area contributed by atoms with E-state index in [-0.39, 0.29) is 0 Å². The number of nitrogens with zero attached hydrogens (tertiary/aromatic N) is 2. The molecule has 0 saturated heterocycles. The molecule has 0 atom stereocenters. The second-order valence-electron chi connectivity index (χ2n) is 3.77. The molecule has 2 rings (SSSR count). The lowest BCUT2D eigenvalue weighted by atomic mass is 10.3. The number of hydrogen-bond donors (Lipinski definition) is 1. The van der Waals surface area contributed by atoms with Crippen LogP contribution in [0.5, 0.6) is 0 Å². The maximum Gasteiger partial charge on any atom is 0.148 e. The lowest BCUT2D eigenvalue weighted by Gasteiger charge is -2.09. The van der Waals surface area contributed by atoms with E-state index in [2.05, 4.69) is 15.3 Å². The van der Waals surface area contributed by atoms with Crippen molar-refractivity contribution < 1.29 is 4.74 Å². The van der Waals surface area contributed by atoms with Crippen LogP contribution in [0.4, 0.5) is 5.82 Å². The summed E-state index contributed by atoms with van der Waals surface area (Å²) in [5, 5.41) is 3.24. The van der Waals surface area contributed by atoms with Gasteiger partial charge in [-0.25, -0.2) is 9.97 Å². The number of aromatic nitrogens is 2. The average molecular weight is 231 g/mol. The molecule has 2 aromatic rings. The molecule has 0 radical (unpaired) electrons. The highest BCUT2D eigenvalue weighted by Gasteiger charge is 2.03. The number of fused-ring (bicyclic) bond motifs is 1. The molecule has 0 amide bonds. The Balaban J connectivity index is 2.14. The molecule has 1 heterocycles. The second-order valence-corrected chi connectivity index (χ2v) is 3.77. The zero-order valence-corrected chi connectivity index (χ0v) is 10.2. The minimum absolute atomic E-state index is 0.685. The van der Waals surface area contributed by atoms with Gasteiger partial charge in [-0.2, -0.15) is 0 Å². The molecule has 90 valence electrons. The summed E-state index contributed by atoms with van der Waals surface area (Å²) in [5.74, 6) is 0.836. The maximum atomic E-state index is 5.27. The quantitative estimate of drug-likeness (QED) is 0.803. The van der Waals surface area contributed by atoms with E-state index < -0.39 is 0 Å². The van der Waals surface area contributed by atoms with Crippen molar-refractivity contribution >= 4 is 16.9 Å². The first kappa shape index (κ1) is 11.8. The van der Waals surface area contributed by atoms with Crippen LogP contribution in [0.2, 0.25) is 0 Å². The van der Waals surface area contributed by atoms with E-state index in [1.54, 1.807) is 0 Å². The van der Waals surface area contributed by atoms with Gasteiger partial charge < -0.3 is 10.1 Å². The van der Waals surface area contributed by atoms with Gasteiger partial charge in [-0.3, -0.25) is 0 Å². The number of nitrogens with one attached hydrogen (secondary N) is 1. The van der Waals surface area contributed by atoms with Crippen LogP contribution in [-0.4, -0.2) is 29.7 Å². The van der Waals surface area contributed by atoms with Crippen LogP contribution in [0.15, 0.2) is 24.3 Å². The van der Waals surface area contributed by atoms with Gasteiger partial charge in [0.1, 0.15) is 5.82 Å². The third kappa shape index (κ3) is 2.91. The molecule has 4 nitrogen and oxygen atoms in total. The summed E-state index contributed by atoms with van der Waals surface area (Å²) in [6, 6.07) is 7.88. The molecule has 4 heteroatoms. The molecule has 17 heavy (non-hydrogen) atoms. The molecule has 0 fully saturated rings. The molecule has 1 aromatic heterocycles. The van der Waals surface area contributed by atoms with Crippen molar-refractivity contribution in [3.8, 4) is 0 Å². The monoisotopic (exact) mass is 231 g/mol. The molecular formula is C13H17N3O. The first-order chi connectivity index (χ1) is 8.31. The Morgan fingerprint density at radius 2 is 1.88 bits per heavy atom. The summed E-state index contributed by atoms with van der Waals surface area (Å²) in [4.78, 5) is 9.05. The third-order valence-corrected chi connectivity index (χ3v) is 2.49. The van der Waals surface area contributed by atoms with E-state index in [0.29, 0.717) is 6.61 Å². The summed E-state index contributed by atoms with van der Waals surface area (Å²) in [7, 11) is 0. The van der Waals surface area contributed by atoms with Crippen LogP contribution in [0.1, 0.15) is 12.6 Å². The van der Waals surface area contributed by atoms with E-state index >= 15 is 0 Å². The van der Waals surface area contributed by atoms with Gasteiger partial charge in [0.15, 0.2) is 0 Å². The first-order valence-corrected chi connectivity index (χ1v) is 5.86. The van der Waals surface area contributed by atoms with Crippen LogP contribution < -0.4 is 5.32 Å². The normalized spacial score (nSPS) is 10.7. The van der Waals surface area contributed by atoms with Crippen molar-refractivity contribution in [2.24, 2.45) is 0 Å². The zero-order chi connectivity index (χ0) is 12.1. The van der Waals surface area contributed by atoms with E-state index in [1.807, 2.05) is 38.1 Å². The fraction of sp³-hybridized carbons (Fsp3) is 0.385. The maximum absolute atomic E-state index is 5.27. The molecule has 0 aliphatic carbocycles. The molecule has 0 saturated carbocycles. The smallest absolute Gasteiger partial charge is 0.148 e. The van der Waals surface area contributed by atoms with Gasteiger partial charge in [0, 0.05) is 13.2 Å². The third-order valence-electron chi connectivity index (χ3n) is 2.49. The average Bonchev–Trinajstić information content (AvgIpc) is 2.35. The zero-order valence-electron chi connectivity index (χ0n) is 10.2. The molecule has 0 aliphatic heterocycles. The van der Waals surface area contributed by atoms with E-state index in [0.717, 1.165) is 35.7 Å². The Labute approximate surface area is 101 Å². The topological polar surface area (TPSA) is 47.0 Å². The predicted octanol–water partition coefficient (Wildman–Crippen LogP) is 2.39. The Morgan fingerprint density at radius 1 is 1.18 bits per heavy atom. The SMILES string of the molecule is CCOCCNc1nc2ccccc2nc1C. The molecule has 1 aromatic carbocycles. The molecule has 0 unspecified atom stereocenters. The number of rotatable bonds is 5. The van der Waals surface area contributed by atoms with Crippen molar-refractivity contribution in [3.63, 3.8) is 0 Å². The highest BCUT2D eigenvalue weighted by molar-refractivity contribution is 5.76. The number of aryl methyl sites for hydroxylation is 1. The van der Waals surface area contributed by atoms with E-state index in [1.165, 1.54) is 0 Å². The van der Waals surface area contributed by atoms with Crippen LogP contribution in [0.25, 0.3) is 11.0 Å². The number of anilines is 1. The molecular weight excluding hydrogens is 214 g/mol. The first-order valence-electron chi connectivity index (χ1n) is 5.86. The summed E-state index contributed by atoms with van der Waals surface area (Å²) in [6.07, 6.45) is 0. The summed E-state index contributed by atoms with van der Waals surface area (Å²) < 4.78 is 5.27. The summed E-state index contributed by atoms with van der Waals surface area (Å²) >= 11 is 0. The lowest BCUT2D eigenvalue weighted by molar-refractivity contribution is 0.158. The van der Waals surface area contributed by atoms with Gasteiger partial charge in [-0.15, -0.1) is 0 Å². The number of hydrogen-bond acceptors (Lipinski definition) is 4. The Morgan fingerprint density at radius 3 is 2.59 bits per heavy atom. The molecule has 0 aliphatic rings. The van der Waals surface area contributed by atoms with Crippen molar-refractivity contribution in [3.05, 3.63) is 30.0 Å². The van der Waals surface area contributed by atoms with Crippen LogP contribution in [-0.2, 0) is 4.74 Å². The number of benzene rings is 1. The van der Waals surface area contributed by atoms with Gasteiger partial charge in [0.2, 0.25) is 0 Å². The predicted molar refractivity (Wildman–Crippen MR) is 69.3 cm³/mol. The molecule has 0 bridgehead atoms. The number of para-hydroxylation sites is 2. The van der Waals surface area contributed by atoms with Gasteiger partial charge in [0.05, 0.1) is 23.3 Å². The van der Waals surface area contributed by atoms with Crippen molar-refractivity contribution in [2.75, 3.05) is 25.1 Å². The highest BCUT2D eigenvalue weighted by Crippen LogP contribution is 2.15.